The fourth-order valence-electron chi connectivity index (χ4n) is 3.88. The van der Waals surface area contributed by atoms with Crippen molar-refractivity contribution in [3.05, 3.63) is 12.5 Å². The summed E-state index contributed by atoms with van der Waals surface area (Å²) in [6.45, 7) is 3.59. The number of ether oxygens (including phenoxy) is 4. The summed E-state index contributed by atoms with van der Waals surface area (Å²) in [5.41, 5.74) is -0.459. The minimum atomic E-state index is -1.10. The Labute approximate surface area is 170 Å². The summed E-state index contributed by atoms with van der Waals surface area (Å²) < 4.78 is 20.8. The highest BCUT2D eigenvalue weighted by molar-refractivity contribution is 5.73. The van der Waals surface area contributed by atoms with Crippen molar-refractivity contribution in [1.29, 1.82) is 0 Å². The van der Waals surface area contributed by atoms with Crippen LogP contribution in [0.15, 0.2) is 12.5 Å². The minimum absolute atomic E-state index is 0.00589. The summed E-state index contributed by atoms with van der Waals surface area (Å²) in [6, 6.07) is 0. The Bertz CT molecular complexity index is 591. The second-order valence-electron chi connectivity index (χ2n) is 7.70. The summed E-state index contributed by atoms with van der Waals surface area (Å²) in [7, 11) is 0. The third kappa shape index (κ3) is 7.14. The first kappa shape index (κ1) is 22.8. The van der Waals surface area contributed by atoms with Gasteiger partial charge >= 0.3 is 18.0 Å². The number of carbonyl (C=O) groups is 3. The Hall–Kier alpha value is -2.45. The number of carboxylic acids is 1. The van der Waals surface area contributed by atoms with Crippen molar-refractivity contribution in [3.63, 3.8) is 0 Å². The molecule has 0 aromatic heterocycles. The quantitative estimate of drug-likeness (QED) is 0.413. The van der Waals surface area contributed by atoms with Gasteiger partial charge in [0, 0.05) is 13.5 Å². The average Bonchev–Trinajstić information content (AvgIpc) is 3.19. The van der Waals surface area contributed by atoms with E-state index in [0.29, 0.717) is 6.42 Å². The molecule has 1 heterocycles. The number of nitrogens with one attached hydrogen (secondary N) is 1. The monoisotopic (exact) mass is 413 g/mol. The van der Waals surface area contributed by atoms with Gasteiger partial charge in [-0.25, -0.2) is 4.79 Å². The van der Waals surface area contributed by atoms with Gasteiger partial charge < -0.3 is 29.4 Å². The first-order valence-electron chi connectivity index (χ1n) is 10.2. The van der Waals surface area contributed by atoms with E-state index < -0.39 is 41.9 Å². The lowest BCUT2D eigenvalue weighted by molar-refractivity contribution is -0.182. The average molecular weight is 413 g/mol. The number of carboxylic acid groups (broad SMARTS) is 1. The molecule has 0 spiro atoms. The predicted octanol–water partition coefficient (Wildman–Crippen LogP) is 3.29. The molecule has 2 rings (SSSR count). The summed E-state index contributed by atoms with van der Waals surface area (Å²) in [5, 5.41) is 11.8. The van der Waals surface area contributed by atoms with E-state index in [1.807, 2.05) is 6.92 Å². The number of alkyl carbamates (subject to hydrolysis) is 1. The third-order valence-electron chi connectivity index (χ3n) is 5.32. The third-order valence-corrected chi connectivity index (χ3v) is 5.32. The molecular weight excluding hydrogens is 382 g/mol. The molecule has 9 heteroatoms. The molecule has 1 amide bonds. The molecule has 0 aromatic carbocycles. The summed E-state index contributed by atoms with van der Waals surface area (Å²) in [6.07, 6.45) is 5.83. The van der Waals surface area contributed by atoms with Gasteiger partial charge in [-0.1, -0.05) is 32.6 Å². The van der Waals surface area contributed by atoms with E-state index in [2.05, 4.69) is 5.32 Å². The molecule has 1 fully saturated rings. The largest absolute Gasteiger partial charge is 0.481 e. The minimum Gasteiger partial charge on any atom is -0.481 e. The van der Waals surface area contributed by atoms with Crippen LogP contribution in [-0.2, 0) is 28.5 Å². The predicted molar refractivity (Wildman–Crippen MR) is 101 cm³/mol. The van der Waals surface area contributed by atoms with Crippen LogP contribution in [0.5, 0.6) is 0 Å². The molecule has 2 aliphatic rings. The molecule has 164 valence electrons. The van der Waals surface area contributed by atoms with Gasteiger partial charge in [-0.15, -0.1) is 0 Å². The van der Waals surface area contributed by atoms with E-state index in [1.165, 1.54) is 19.4 Å². The Morgan fingerprint density at radius 1 is 1.17 bits per heavy atom. The molecule has 2 atom stereocenters. The smallest absolute Gasteiger partial charge is 0.410 e. The van der Waals surface area contributed by atoms with Crippen molar-refractivity contribution >= 4 is 18.0 Å². The molecule has 1 aliphatic carbocycles. The van der Waals surface area contributed by atoms with Crippen LogP contribution in [-0.4, -0.2) is 42.3 Å². The maximum atomic E-state index is 12.4. The molecule has 0 bridgehead atoms. The molecule has 2 N–H and O–H groups in total. The van der Waals surface area contributed by atoms with Crippen LogP contribution >= 0.6 is 0 Å². The Morgan fingerprint density at radius 2 is 1.83 bits per heavy atom. The normalized spacial score (nSPS) is 20.1. The first-order chi connectivity index (χ1) is 13.8. The maximum Gasteiger partial charge on any atom is 0.410 e. The number of esters is 1. The highest BCUT2D eigenvalue weighted by atomic mass is 16.7. The highest BCUT2D eigenvalue weighted by Crippen LogP contribution is 2.38. The summed E-state index contributed by atoms with van der Waals surface area (Å²) >= 11 is 0. The molecule has 9 nitrogen and oxygen atoms in total. The lowest BCUT2D eigenvalue weighted by Crippen LogP contribution is -2.42. The second kappa shape index (κ2) is 10.9. The number of aliphatic carboxylic acids is 1. The van der Waals surface area contributed by atoms with Gasteiger partial charge in [-0.3, -0.25) is 9.59 Å². The first-order valence-corrected chi connectivity index (χ1v) is 10.2. The van der Waals surface area contributed by atoms with Crippen molar-refractivity contribution < 1.29 is 38.4 Å². The Kier molecular flexibility index (Phi) is 8.60. The fraction of sp³-hybridized carbons (Fsp3) is 0.750. The van der Waals surface area contributed by atoms with Gasteiger partial charge in [0.2, 0.25) is 6.29 Å². The number of hydrogen-bond donors (Lipinski definition) is 2. The number of hydrogen-bond acceptors (Lipinski definition) is 7. The van der Waals surface area contributed by atoms with Crippen molar-refractivity contribution in [2.45, 2.75) is 77.8 Å². The molecule has 0 saturated heterocycles. The number of amides is 1. The fourth-order valence-corrected chi connectivity index (χ4v) is 3.88. The van der Waals surface area contributed by atoms with E-state index >= 15 is 0 Å². The number of carbonyl (C=O) groups excluding carboxylic acids is 2. The van der Waals surface area contributed by atoms with E-state index in [1.54, 1.807) is 0 Å². The molecule has 1 aliphatic heterocycles. The molecule has 0 radical (unpaired) electrons. The van der Waals surface area contributed by atoms with Gasteiger partial charge in [0.15, 0.2) is 0 Å². The highest BCUT2D eigenvalue weighted by Gasteiger charge is 2.36. The van der Waals surface area contributed by atoms with Crippen LogP contribution in [0.2, 0.25) is 0 Å². The van der Waals surface area contributed by atoms with Gasteiger partial charge in [-0.05, 0) is 24.7 Å². The maximum absolute atomic E-state index is 12.4. The van der Waals surface area contributed by atoms with E-state index in [-0.39, 0.29) is 13.0 Å². The van der Waals surface area contributed by atoms with Crippen LogP contribution in [0, 0.1) is 11.3 Å². The Morgan fingerprint density at radius 3 is 2.41 bits per heavy atom. The van der Waals surface area contributed by atoms with Crippen LogP contribution < -0.4 is 5.32 Å². The topological polar surface area (TPSA) is 120 Å². The van der Waals surface area contributed by atoms with Crippen LogP contribution in [0.25, 0.3) is 0 Å². The molecule has 0 aromatic rings. The van der Waals surface area contributed by atoms with E-state index in [0.717, 1.165) is 38.5 Å². The van der Waals surface area contributed by atoms with Gasteiger partial charge in [0.1, 0.15) is 18.4 Å². The van der Waals surface area contributed by atoms with E-state index in [4.69, 9.17) is 18.9 Å². The number of rotatable bonds is 10. The SMILES string of the molecule is CCCC(C(=O)OC(C)OC(=O)NCC1(CC(=O)O)CCCCC1)C1OC=CO1. The molecule has 29 heavy (non-hydrogen) atoms. The molecule has 2 unspecified atom stereocenters. The van der Waals surface area contributed by atoms with Crippen molar-refractivity contribution in [3.8, 4) is 0 Å². The van der Waals surface area contributed by atoms with Crippen molar-refractivity contribution in [1.82, 2.24) is 5.32 Å². The molecular formula is C20H31NO8. The Balaban J connectivity index is 1.81. The van der Waals surface area contributed by atoms with Crippen molar-refractivity contribution in [2.75, 3.05) is 6.54 Å². The summed E-state index contributed by atoms with van der Waals surface area (Å²) in [5.74, 6) is -2.09. The van der Waals surface area contributed by atoms with Gasteiger partial charge in [0.05, 0.1) is 6.42 Å². The van der Waals surface area contributed by atoms with Crippen LogP contribution in [0.4, 0.5) is 4.79 Å². The standard InChI is InChI=1S/C20H31NO8/c1-3-7-15(18-26-10-11-27-18)17(24)28-14(2)29-19(25)21-13-20(12-16(22)23)8-5-4-6-9-20/h10-11,14-15,18H,3-9,12-13H2,1-2H3,(H,21,25)(H,22,23). The lowest BCUT2D eigenvalue weighted by Gasteiger charge is -2.36. The zero-order chi connectivity index (χ0) is 21.3. The second-order valence-corrected chi connectivity index (χ2v) is 7.70. The van der Waals surface area contributed by atoms with Gasteiger partial charge in [-0.2, -0.15) is 0 Å². The van der Waals surface area contributed by atoms with Crippen LogP contribution in [0.1, 0.15) is 65.2 Å². The van der Waals surface area contributed by atoms with Crippen molar-refractivity contribution in [2.24, 2.45) is 11.3 Å². The van der Waals surface area contributed by atoms with Gasteiger partial charge in [0.25, 0.3) is 6.29 Å². The molecule has 1 saturated carbocycles. The summed E-state index contributed by atoms with van der Waals surface area (Å²) in [4.78, 5) is 35.7. The zero-order valence-electron chi connectivity index (χ0n) is 17.1. The zero-order valence-corrected chi connectivity index (χ0v) is 17.1. The van der Waals surface area contributed by atoms with Crippen LogP contribution in [0.3, 0.4) is 0 Å². The van der Waals surface area contributed by atoms with E-state index in [9.17, 15) is 19.5 Å². The lowest BCUT2D eigenvalue weighted by atomic mass is 9.72.